The summed E-state index contributed by atoms with van der Waals surface area (Å²) in [5.41, 5.74) is 0. The predicted molar refractivity (Wildman–Crippen MR) is 64.0 cm³/mol. The molecule has 4 nitrogen and oxygen atoms in total. The Bertz CT molecular complexity index is 447. The highest BCUT2D eigenvalue weighted by Crippen LogP contribution is 2.22. The van der Waals surface area contributed by atoms with Gasteiger partial charge < -0.3 is 0 Å². The summed E-state index contributed by atoms with van der Waals surface area (Å²) in [4.78, 5) is 4.11. The van der Waals surface area contributed by atoms with Crippen LogP contribution in [0, 0.1) is 0 Å². The van der Waals surface area contributed by atoms with Gasteiger partial charge in [-0.15, -0.1) is 5.10 Å². The van der Waals surface area contributed by atoms with Crippen LogP contribution < -0.4 is 0 Å². The SMILES string of the molecule is Clc1cccc(-n2cc(SI)nn2)n1. The molecule has 2 aromatic rings. The quantitative estimate of drug-likeness (QED) is 0.624. The third-order valence-corrected chi connectivity index (χ3v) is 3.40. The van der Waals surface area contributed by atoms with Crippen molar-refractivity contribution in [2.45, 2.75) is 5.03 Å². The van der Waals surface area contributed by atoms with E-state index in [9.17, 15) is 0 Å². The van der Waals surface area contributed by atoms with Crippen LogP contribution >= 0.6 is 41.7 Å². The highest BCUT2D eigenvalue weighted by atomic mass is 127. The first-order valence-corrected chi connectivity index (χ1v) is 7.37. The summed E-state index contributed by atoms with van der Waals surface area (Å²) in [6.07, 6.45) is 1.80. The zero-order valence-corrected chi connectivity index (χ0v) is 10.5. The highest BCUT2D eigenvalue weighted by Gasteiger charge is 2.03. The minimum absolute atomic E-state index is 0.446. The van der Waals surface area contributed by atoms with Crippen molar-refractivity contribution < 1.29 is 0 Å². The molecule has 0 aliphatic carbocycles. The van der Waals surface area contributed by atoms with Gasteiger partial charge in [0.25, 0.3) is 0 Å². The second-order valence-corrected chi connectivity index (χ2v) is 4.68. The normalized spacial score (nSPS) is 10.4. The summed E-state index contributed by atoms with van der Waals surface area (Å²) in [7, 11) is 1.50. The predicted octanol–water partition coefficient (Wildman–Crippen LogP) is 2.76. The molecule has 2 rings (SSSR count). The van der Waals surface area contributed by atoms with Crippen LogP contribution in [0.2, 0.25) is 5.15 Å². The minimum Gasteiger partial charge on any atom is -0.217 e. The van der Waals surface area contributed by atoms with Crippen molar-refractivity contribution in [2.75, 3.05) is 0 Å². The zero-order valence-electron chi connectivity index (χ0n) is 6.76. The maximum atomic E-state index is 5.76. The topological polar surface area (TPSA) is 43.6 Å². The van der Waals surface area contributed by atoms with Crippen molar-refractivity contribution in [3.63, 3.8) is 0 Å². The lowest BCUT2D eigenvalue weighted by Crippen LogP contribution is -1.97. The van der Waals surface area contributed by atoms with Crippen LogP contribution in [0.3, 0.4) is 0 Å². The Morgan fingerprint density at radius 3 is 2.93 bits per heavy atom. The van der Waals surface area contributed by atoms with E-state index in [-0.39, 0.29) is 0 Å². The van der Waals surface area contributed by atoms with Crippen molar-refractivity contribution in [1.82, 2.24) is 20.0 Å². The van der Waals surface area contributed by atoms with Crippen LogP contribution in [-0.2, 0) is 0 Å². The van der Waals surface area contributed by atoms with E-state index in [4.69, 9.17) is 11.6 Å². The summed E-state index contributed by atoms with van der Waals surface area (Å²) < 4.78 is 1.59. The van der Waals surface area contributed by atoms with Gasteiger partial charge in [0.2, 0.25) is 0 Å². The molecule has 0 aliphatic heterocycles. The lowest BCUT2D eigenvalue weighted by Gasteiger charge is -1.97. The van der Waals surface area contributed by atoms with E-state index in [0.29, 0.717) is 11.0 Å². The molecule has 2 aromatic heterocycles. The Labute approximate surface area is 102 Å². The van der Waals surface area contributed by atoms with Gasteiger partial charge in [-0.25, -0.2) is 9.67 Å². The molecule has 0 saturated heterocycles. The van der Waals surface area contributed by atoms with Gasteiger partial charge in [-0.3, -0.25) is 0 Å². The second-order valence-electron chi connectivity index (χ2n) is 2.40. The molecule has 2 heterocycles. The fourth-order valence-electron chi connectivity index (χ4n) is 0.921. The van der Waals surface area contributed by atoms with Gasteiger partial charge in [0.1, 0.15) is 10.2 Å². The molecule has 0 fully saturated rings. The van der Waals surface area contributed by atoms with E-state index >= 15 is 0 Å². The molecule has 0 N–H and O–H groups in total. The largest absolute Gasteiger partial charge is 0.217 e. The van der Waals surface area contributed by atoms with Crippen LogP contribution in [0.1, 0.15) is 0 Å². The zero-order chi connectivity index (χ0) is 9.97. The molecule has 0 bridgehead atoms. The summed E-state index contributed by atoms with van der Waals surface area (Å²) in [5, 5.41) is 9.13. The fourth-order valence-corrected chi connectivity index (χ4v) is 1.89. The number of pyridine rings is 1. The number of hydrogen-bond acceptors (Lipinski definition) is 4. The number of hydrogen-bond donors (Lipinski definition) is 0. The van der Waals surface area contributed by atoms with Crippen molar-refractivity contribution >= 4 is 41.7 Å². The molecule has 72 valence electrons. The number of aromatic nitrogens is 4. The molecule has 14 heavy (non-hydrogen) atoms. The Kier molecular flexibility index (Phi) is 3.24. The molecule has 0 amide bonds. The van der Waals surface area contributed by atoms with Crippen molar-refractivity contribution in [1.29, 1.82) is 0 Å². The van der Waals surface area contributed by atoms with Gasteiger partial charge in [-0.1, -0.05) is 22.9 Å². The lowest BCUT2D eigenvalue weighted by molar-refractivity contribution is 0.777. The first-order chi connectivity index (χ1) is 6.79. The third kappa shape index (κ3) is 2.18. The molecule has 0 spiro atoms. The molecule has 0 aromatic carbocycles. The van der Waals surface area contributed by atoms with E-state index in [0.717, 1.165) is 5.03 Å². The molecule has 0 unspecified atom stereocenters. The van der Waals surface area contributed by atoms with Crippen LogP contribution in [0.4, 0.5) is 0 Å². The van der Waals surface area contributed by atoms with E-state index < -0.39 is 0 Å². The Balaban J connectivity index is 2.39. The molecule has 7 heteroatoms. The van der Waals surface area contributed by atoms with E-state index in [1.165, 1.54) is 8.93 Å². The van der Waals surface area contributed by atoms with Crippen LogP contribution in [-0.4, -0.2) is 20.0 Å². The molecule has 0 aliphatic rings. The number of nitrogens with zero attached hydrogens (tertiary/aromatic N) is 4. The van der Waals surface area contributed by atoms with Gasteiger partial charge >= 0.3 is 0 Å². The van der Waals surface area contributed by atoms with Crippen LogP contribution in [0.15, 0.2) is 29.4 Å². The van der Waals surface area contributed by atoms with E-state index in [1.54, 1.807) is 16.9 Å². The Morgan fingerprint density at radius 1 is 1.43 bits per heavy atom. The summed E-state index contributed by atoms with van der Waals surface area (Å²) in [5.74, 6) is 0.668. The van der Waals surface area contributed by atoms with Gasteiger partial charge in [0.05, 0.1) is 6.20 Å². The van der Waals surface area contributed by atoms with Crippen LogP contribution in [0.25, 0.3) is 5.82 Å². The van der Waals surface area contributed by atoms with E-state index in [1.807, 2.05) is 12.1 Å². The second kappa shape index (κ2) is 4.45. The first kappa shape index (κ1) is 10.2. The molecule has 0 radical (unpaired) electrons. The average molecular weight is 339 g/mol. The summed E-state index contributed by atoms with van der Waals surface area (Å²) in [6.45, 7) is 0. The maximum Gasteiger partial charge on any atom is 0.156 e. The molecular weight excluding hydrogens is 335 g/mol. The van der Waals surface area contributed by atoms with Gasteiger partial charge in [-0.2, -0.15) is 0 Å². The third-order valence-electron chi connectivity index (χ3n) is 1.49. The lowest BCUT2D eigenvalue weighted by atomic mass is 10.5. The Hall–Kier alpha value is -0.340. The summed E-state index contributed by atoms with van der Waals surface area (Å²) in [6, 6.07) is 5.36. The standard InChI is InChI=1S/C7H4ClIN4S/c8-5-2-1-3-6(10-5)13-4-7(14-9)11-12-13/h1-4H. The van der Waals surface area contributed by atoms with E-state index in [2.05, 4.69) is 36.5 Å². The maximum absolute atomic E-state index is 5.76. The first-order valence-electron chi connectivity index (χ1n) is 3.63. The molecular formula is C7H4ClIN4S. The van der Waals surface area contributed by atoms with Crippen molar-refractivity contribution in [3.8, 4) is 5.82 Å². The molecule has 0 atom stereocenters. The van der Waals surface area contributed by atoms with Gasteiger partial charge in [0.15, 0.2) is 5.82 Å². The number of rotatable bonds is 2. The minimum atomic E-state index is 0.446. The molecule has 0 saturated carbocycles. The summed E-state index contributed by atoms with van der Waals surface area (Å²) >= 11 is 7.90. The number of halogens is 2. The van der Waals surface area contributed by atoms with Crippen LogP contribution in [0.5, 0.6) is 0 Å². The monoisotopic (exact) mass is 338 g/mol. The van der Waals surface area contributed by atoms with Crippen molar-refractivity contribution in [3.05, 3.63) is 29.5 Å². The fraction of sp³-hybridized carbons (Fsp3) is 0. The van der Waals surface area contributed by atoms with Gasteiger partial charge in [-0.05, 0) is 21.1 Å². The van der Waals surface area contributed by atoms with Crippen molar-refractivity contribution in [2.24, 2.45) is 0 Å². The average Bonchev–Trinajstić information content (AvgIpc) is 2.66. The smallest absolute Gasteiger partial charge is 0.156 e. The van der Waals surface area contributed by atoms with Gasteiger partial charge in [0, 0.05) is 21.2 Å². The highest BCUT2D eigenvalue weighted by molar-refractivity contribution is 14.2. The Morgan fingerprint density at radius 2 is 2.29 bits per heavy atom.